The molecule has 2 aromatic rings. The van der Waals surface area contributed by atoms with Crippen LogP contribution in [0.25, 0.3) is 0 Å². The molecular weight excluding hydrogens is 280 g/mol. The van der Waals surface area contributed by atoms with Crippen LogP contribution in [0.15, 0.2) is 24.3 Å². The Morgan fingerprint density at radius 1 is 1.32 bits per heavy atom. The zero-order valence-corrected chi connectivity index (χ0v) is 12.0. The van der Waals surface area contributed by atoms with E-state index in [0.29, 0.717) is 24.1 Å². The van der Waals surface area contributed by atoms with Crippen LogP contribution < -0.4 is 10.5 Å². The van der Waals surface area contributed by atoms with Crippen molar-refractivity contribution in [3.8, 4) is 5.75 Å². The predicted molar refractivity (Wildman–Crippen MR) is 77.8 cm³/mol. The Morgan fingerprint density at radius 3 is 2.68 bits per heavy atom. The summed E-state index contributed by atoms with van der Waals surface area (Å²) in [4.78, 5) is 5.87. The minimum Gasteiger partial charge on any atom is -0.486 e. The van der Waals surface area contributed by atoms with Gasteiger partial charge in [-0.1, -0.05) is 11.6 Å². The summed E-state index contributed by atoms with van der Waals surface area (Å²) in [5, 5.41) is 1.71. The predicted octanol–water partition coefficient (Wildman–Crippen LogP) is 3.71. The molecule has 0 radical (unpaired) electrons. The van der Waals surface area contributed by atoms with E-state index in [2.05, 4.69) is 4.98 Å². The number of rotatable bonds is 5. The zero-order valence-electron chi connectivity index (χ0n) is 10.4. The van der Waals surface area contributed by atoms with E-state index in [0.717, 1.165) is 10.8 Å². The zero-order chi connectivity index (χ0) is 13.2. The normalized spacial score (nSPS) is 14.6. The molecule has 1 fully saturated rings. The van der Waals surface area contributed by atoms with Gasteiger partial charge in [-0.3, -0.25) is 0 Å². The van der Waals surface area contributed by atoms with Crippen LogP contribution >= 0.6 is 22.9 Å². The number of hydrogen-bond donors (Lipinski definition) is 1. The standard InChI is InChI=1S/C14H15ClN2OS/c15-10-3-5-11(6-4-10)18-8-13-17-14(9-1-2-9)12(7-16)19-13/h3-6,9H,1-2,7-8,16H2. The van der Waals surface area contributed by atoms with E-state index in [1.807, 2.05) is 24.3 Å². The van der Waals surface area contributed by atoms with Crippen LogP contribution in [-0.2, 0) is 13.2 Å². The van der Waals surface area contributed by atoms with Crippen molar-refractivity contribution in [3.63, 3.8) is 0 Å². The van der Waals surface area contributed by atoms with Crippen molar-refractivity contribution in [2.45, 2.75) is 31.9 Å². The molecule has 1 aromatic heterocycles. The summed E-state index contributed by atoms with van der Waals surface area (Å²) in [5.74, 6) is 1.45. The summed E-state index contributed by atoms with van der Waals surface area (Å²) in [6, 6.07) is 7.36. The van der Waals surface area contributed by atoms with Crippen molar-refractivity contribution in [2.24, 2.45) is 5.73 Å². The van der Waals surface area contributed by atoms with Crippen LogP contribution in [0.4, 0.5) is 0 Å². The molecule has 1 saturated carbocycles. The molecule has 0 saturated heterocycles. The van der Waals surface area contributed by atoms with Gasteiger partial charge in [0.2, 0.25) is 0 Å². The molecule has 0 unspecified atom stereocenters. The maximum atomic E-state index is 5.83. The van der Waals surface area contributed by atoms with Crippen LogP contribution in [0.5, 0.6) is 5.75 Å². The summed E-state index contributed by atoms with van der Waals surface area (Å²) in [6.07, 6.45) is 2.49. The van der Waals surface area contributed by atoms with Crippen LogP contribution in [0.2, 0.25) is 5.02 Å². The van der Waals surface area contributed by atoms with Crippen molar-refractivity contribution < 1.29 is 4.74 Å². The number of nitrogens with zero attached hydrogens (tertiary/aromatic N) is 1. The lowest BCUT2D eigenvalue weighted by molar-refractivity contribution is 0.305. The van der Waals surface area contributed by atoms with Crippen molar-refractivity contribution in [2.75, 3.05) is 0 Å². The van der Waals surface area contributed by atoms with E-state index in [1.165, 1.54) is 23.4 Å². The second-order valence-electron chi connectivity index (χ2n) is 4.64. The van der Waals surface area contributed by atoms with Gasteiger partial charge in [0, 0.05) is 22.4 Å². The molecule has 0 aliphatic heterocycles. The maximum absolute atomic E-state index is 5.83. The molecule has 1 aliphatic rings. The summed E-state index contributed by atoms with van der Waals surface area (Å²) in [6.45, 7) is 1.07. The van der Waals surface area contributed by atoms with Gasteiger partial charge in [0.05, 0.1) is 5.69 Å². The lowest BCUT2D eigenvalue weighted by atomic mass is 10.2. The monoisotopic (exact) mass is 294 g/mol. The average molecular weight is 295 g/mol. The summed E-state index contributed by atoms with van der Waals surface area (Å²) >= 11 is 7.50. The summed E-state index contributed by atoms with van der Waals surface area (Å²) < 4.78 is 5.71. The molecule has 5 heteroatoms. The third-order valence-corrected chi connectivity index (χ3v) is 4.42. The Kier molecular flexibility index (Phi) is 3.73. The Bertz CT molecular complexity index is 563. The van der Waals surface area contributed by atoms with Gasteiger partial charge in [0.15, 0.2) is 0 Å². The lowest BCUT2D eigenvalue weighted by Crippen LogP contribution is -1.97. The Balaban J connectivity index is 1.67. The molecule has 0 atom stereocenters. The van der Waals surface area contributed by atoms with Gasteiger partial charge in [0.1, 0.15) is 17.4 Å². The van der Waals surface area contributed by atoms with Crippen LogP contribution in [-0.4, -0.2) is 4.98 Å². The fourth-order valence-corrected chi connectivity index (χ4v) is 3.05. The highest BCUT2D eigenvalue weighted by Crippen LogP contribution is 2.42. The molecule has 1 heterocycles. The molecule has 0 bridgehead atoms. The average Bonchev–Trinajstić information content (AvgIpc) is 3.19. The summed E-state index contributed by atoms with van der Waals surface area (Å²) in [7, 11) is 0. The first-order chi connectivity index (χ1) is 9.26. The van der Waals surface area contributed by atoms with E-state index in [9.17, 15) is 0 Å². The highest BCUT2D eigenvalue weighted by molar-refractivity contribution is 7.11. The third-order valence-electron chi connectivity index (χ3n) is 3.10. The molecule has 2 N–H and O–H groups in total. The molecule has 3 rings (SSSR count). The molecule has 0 spiro atoms. The second kappa shape index (κ2) is 5.49. The maximum Gasteiger partial charge on any atom is 0.140 e. The van der Waals surface area contributed by atoms with Gasteiger partial charge >= 0.3 is 0 Å². The van der Waals surface area contributed by atoms with E-state index >= 15 is 0 Å². The topological polar surface area (TPSA) is 48.1 Å². The van der Waals surface area contributed by atoms with Crippen molar-refractivity contribution in [1.82, 2.24) is 4.98 Å². The number of thiazole rings is 1. The van der Waals surface area contributed by atoms with E-state index < -0.39 is 0 Å². The smallest absolute Gasteiger partial charge is 0.140 e. The minimum absolute atomic E-state index is 0.492. The molecule has 19 heavy (non-hydrogen) atoms. The molecule has 1 aromatic carbocycles. The first kappa shape index (κ1) is 12.9. The minimum atomic E-state index is 0.492. The highest BCUT2D eigenvalue weighted by atomic mass is 35.5. The van der Waals surface area contributed by atoms with Gasteiger partial charge in [-0.2, -0.15) is 0 Å². The Morgan fingerprint density at radius 2 is 2.05 bits per heavy atom. The third kappa shape index (κ3) is 3.08. The number of halogens is 1. The quantitative estimate of drug-likeness (QED) is 0.914. The van der Waals surface area contributed by atoms with Gasteiger partial charge in [-0.15, -0.1) is 11.3 Å². The first-order valence-corrected chi connectivity index (χ1v) is 7.52. The summed E-state index contributed by atoms with van der Waals surface area (Å²) in [5.41, 5.74) is 6.96. The van der Waals surface area contributed by atoms with Crippen molar-refractivity contribution in [1.29, 1.82) is 0 Å². The molecule has 1 aliphatic carbocycles. The fourth-order valence-electron chi connectivity index (χ4n) is 1.97. The largest absolute Gasteiger partial charge is 0.486 e. The number of hydrogen-bond acceptors (Lipinski definition) is 4. The molecular formula is C14H15ClN2OS. The van der Waals surface area contributed by atoms with Gasteiger partial charge in [-0.25, -0.2) is 4.98 Å². The molecule has 0 amide bonds. The van der Waals surface area contributed by atoms with Crippen molar-refractivity contribution in [3.05, 3.63) is 44.9 Å². The van der Waals surface area contributed by atoms with Crippen LogP contribution in [0, 0.1) is 0 Å². The molecule has 3 nitrogen and oxygen atoms in total. The van der Waals surface area contributed by atoms with Crippen LogP contribution in [0.3, 0.4) is 0 Å². The lowest BCUT2D eigenvalue weighted by Gasteiger charge is -2.03. The van der Waals surface area contributed by atoms with Gasteiger partial charge in [-0.05, 0) is 37.1 Å². The Hall–Kier alpha value is -1.10. The van der Waals surface area contributed by atoms with E-state index in [1.54, 1.807) is 11.3 Å². The van der Waals surface area contributed by atoms with E-state index in [4.69, 9.17) is 22.1 Å². The highest BCUT2D eigenvalue weighted by Gasteiger charge is 2.29. The second-order valence-corrected chi connectivity index (χ2v) is 6.24. The molecule has 100 valence electrons. The van der Waals surface area contributed by atoms with Crippen molar-refractivity contribution >= 4 is 22.9 Å². The van der Waals surface area contributed by atoms with E-state index in [-0.39, 0.29) is 0 Å². The number of nitrogens with two attached hydrogens (primary N) is 1. The first-order valence-electron chi connectivity index (χ1n) is 6.33. The Labute approximate surface area is 121 Å². The number of aromatic nitrogens is 1. The SMILES string of the molecule is NCc1sc(COc2ccc(Cl)cc2)nc1C1CC1. The number of ether oxygens (including phenoxy) is 1. The van der Waals surface area contributed by atoms with Crippen LogP contribution in [0.1, 0.15) is 34.3 Å². The van der Waals surface area contributed by atoms with Gasteiger partial charge in [0.25, 0.3) is 0 Å². The number of benzene rings is 1. The van der Waals surface area contributed by atoms with Gasteiger partial charge < -0.3 is 10.5 Å². The fraction of sp³-hybridized carbons (Fsp3) is 0.357.